The third-order valence-electron chi connectivity index (χ3n) is 1.94. The van der Waals surface area contributed by atoms with E-state index < -0.39 is 6.03 Å². The molecule has 0 fully saturated rings. The van der Waals surface area contributed by atoms with E-state index in [0.717, 1.165) is 0 Å². The molecule has 4 nitrogen and oxygen atoms in total. The number of rotatable bonds is 5. The van der Waals surface area contributed by atoms with Gasteiger partial charge >= 0.3 is 6.03 Å². The van der Waals surface area contributed by atoms with Crippen molar-refractivity contribution in [3.63, 3.8) is 0 Å². The van der Waals surface area contributed by atoms with Gasteiger partial charge in [-0.1, -0.05) is 0 Å². The van der Waals surface area contributed by atoms with Crippen molar-refractivity contribution in [1.29, 1.82) is 0 Å². The number of nitrogens with one attached hydrogen (secondary N) is 1. The van der Waals surface area contributed by atoms with Crippen LogP contribution in [0.25, 0.3) is 0 Å². The molecule has 0 saturated heterocycles. The molecule has 0 heterocycles. The Balaban J connectivity index is 4.15. The van der Waals surface area contributed by atoms with Crippen molar-refractivity contribution in [3.05, 3.63) is 0 Å². The number of primary amides is 1. The average Bonchev–Trinajstić information content (AvgIpc) is 1.99. The van der Waals surface area contributed by atoms with Gasteiger partial charge in [-0.2, -0.15) is 0 Å². The Bertz CT molecular complexity index is 177. The molecule has 0 aliphatic heterocycles. The quantitative estimate of drug-likeness (QED) is 0.547. The van der Waals surface area contributed by atoms with Gasteiger partial charge in [0.05, 0.1) is 5.37 Å². The van der Waals surface area contributed by atoms with E-state index in [2.05, 4.69) is 44.2 Å². The van der Waals surface area contributed by atoms with Crippen LogP contribution in [0.5, 0.6) is 0 Å². The first-order valence-electron chi connectivity index (χ1n) is 4.84. The highest BCUT2D eigenvalue weighted by molar-refractivity contribution is 7.98. The molecule has 0 saturated carbocycles. The third-order valence-corrected chi connectivity index (χ3v) is 2.85. The molecule has 0 aliphatic carbocycles. The molecule has 3 N–H and O–H groups in total. The van der Waals surface area contributed by atoms with Crippen LogP contribution in [0.2, 0.25) is 0 Å². The number of hydrogen-bond acceptors (Lipinski definition) is 3. The summed E-state index contributed by atoms with van der Waals surface area (Å²) in [5, 5.41) is 0.225. The Morgan fingerprint density at radius 1 is 1.21 bits per heavy atom. The van der Waals surface area contributed by atoms with Crippen LogP contribution in [0.1, 0.15) is 34.6 Å². The van der Waals surface area contributed by atoms with Crippen LogP contribution in [0.4, 0.5) is 4.79 Å². The molecular formula is C9H21N3OS. The lowest BCUT2D eigenvalue weighted by atomic mass is 10.2. The number of carbonyl (C=O) groups is 1. The van der Waals surface area contributed by atoms with Gasteiger partial charge in [-0.15, -0.1) is 0 Å². The second-order valence-corrected chi connectivity index (χ2v) is 4.94. The average molecular weight is 219 g/mol. The minimum Gasteiger partial charge on any atom is -0.351 e. The molecule has 0 aromatic carbocycles. The van der Waals surface area contributed by atoms with Crippen molar-refractivity contribution in [2.45, 2.75) is 52.1 Å². The van der Waals surface area contributed by atoms with E-state index >= 15 is 0 Å². The monoisotopic (exact) mass is 219 g/mol. The summed E-state index contributed by atoms with van der Waals surface area (Å²) >= 11 is 1.35. The van der Waals surface area contributed by atoms with Crippen LogP contribution in [0.3, 0.4) is 0 Å². The fraction of sp³-hybridized carbons (Fsp3) is 0.889. The van der Waals surface area contributed by atoms with E-state index in [9.17, 15) is 4.79 Å². The summed E-state index contributed by atoms with van der Waals surface area (Å²) in [5.41, 5.74) is 5.00. The van der Waals surface area contributed by atoms with Crippen molar-refractivity contribution < 1.29 is 4.79 Å². The largest absolute Gasteiger partial charge is 0.351 e. The van der Waals surface area contributed by atoms with E-state index in [0.29, 0.717) is 12.1 Å². The van der Waals surface area contributed by atoms with Crippen LogP contribution in [0, 0.1) is 0 Å². The second-order valence-electron chi connectivity index (χ2n) is 3.82. The molecule has 14 heavy (non-hydrogen) atoms. The highest BCUT2D eigenvalue weighted by Crippen LogP contribution is 2.17. The lowest BCUT2D eigenvalue weighted by Gasteiger charge is -2.35. The summed E-state index contributed by atoms with van der Waals surface area (Å²) in [5.74, 6) is 0. The predicted molar refractivity (Wildman–Crippen MR) is 61.9 cm³/mol. The van der Waals surface area contributed by atoms with Gasteiger partial charge in [0.25, 0.3) is 0 Å². The Morgan fingerprint density at radius 3 is 1.93 bits per heavy atom. The van der Waals surface area contributed by atoms with Gasteiger partial charge in [0.2, 0.25) is 0 Å². The molecule has 0 spiro atoms. The Labute approximate surface area is 90.7 Å². The van der Waals surface area contributed by atoms with Gasteiger partial charge in [-0.05, 0) is 46.6 Å². The summed E-state index contributed by atoms with van der Waals surface area (Å²) in [6, 6.07) is 0.411. The zero-order chi connectivity index (χ0) is 11.3. The molecule has 0 rings (SSSR count). The summed E-state index contributed by atoms with van der Waals surface area (Å²) < 4.78 is 2.55. The molecule has 0 bridgehead atoms. The Morgan fingerprint density at radius 2 is 1.64 bits per heavy atom. The lowest BCUT2D eigenvalue weighted by molar-refractivity contribution is 0.167. The normalized spacial score (nSPS) is 13.7. The number of amides is 2. The van der Waals surface area contributed by atoms with E-state index in [4.69, 9.17) is 5.73 Å². The van der Waals surface area contributed by atoms with E-state index in [1.807, 2.05) is 0 Å². The Kier molecular flexibility index (Phi) is 5.95. The lowest BCUT2D eigenvalue weighted by Crippen LogP contribution is -2.43. The number of nitrogens with two attached hydrogens (primary N) is 1. The van der Waals surface area contributed by atoms with Crippen molar-refractivity contribution in [3.8, 4) is 0 Å². The maximum Gasteiger partial charge on any atom is 0.322 e. The van der Waals surface area contributed by atoms with Crippen LogP contribution in [-0.4, -0.2) is 28.4 Å². The maximum absolute atomic E-state index is 10.5. The molecule has 0 aromatic rings. The molecule has 2 amide bonds. The standard InChI is InChI=1S/C9H21N3OS/c1-6(2)12(7(3)4)8(5)14-11-9(10)13/h6-8H,1-5H3,(H3,10,11,13). The molecular weight excluding hydrogens is 198 g/mol. The van der Waals surface area contributed by atoms with Crippen LogP contribution < -0.4 is 10.5 Å². The van der Waals surface area contributed by atoms with Crippen molar-refractivity contribution in [1.82, 2.24) is 9.62 Å². The van der Waals surface area contributed by atoms with Gasteiger partial charge < -0.3 is 5.73 Å². The maximum atomic E-state index is 10.5. The molecule has 1 atom stereocenters. The minimum absolute atomic E-state index is 0.225. The minimum atomic E-state index is -0.491. The molecule has 5 heteroatoms. The molecule has 0 aromatic heterocycles. The van der Waals surface area contributed by atoms with Gasteiger partial charge in [0, 0.05) is 12.1 Å². The molecule has 0 aliphatic rings. The van der Waals surface area contributed by atoms with Crippen molar-refractivity contribution >= 4 is 18.0 Å². The first-order valence-corrected chi connectivity index (χ1v) is 5.72. The topological polar surface area (TPSA) is 58.4 Å². The smallest absolute Gasteiger partial charge is 0.322 e. The summed E-state index contributed by atoms with van der Waals surface area (Å²) in [6.45, 7) is 10.6. The van der Waals surface area contributed by atoms with E-state index in [1.54, 1.807) is 0 Å². The van der Waals surface area contributed by atoms with Crippen LogP contribution in [-0.2, 0) is 0 Å². The number of hydrogen-bond donors (Lipinski definition) is 2. The van der Waals surface area contributed by atoms with Gasteiger partial charge in [0.1, 0.15) is 0 Å². The fourth-order valence-corrected chi connectivity index (χ4v) is 2.54. The van der Waals surface area contributed by atoms with Gasteiger partial charge in [0.15, 0.2) is 0 Å². The van der Waals surface area contributed by atoms with Crippen molar-refractivity contribution in [2.24, 2.45) is 5.73 Å². The highest BCUT2D eigenvalue weighted by Gasteiger charge is 2.20. The molecule has 84 valence electrons. The number of carbonyl (C=O) groups excluding carboxylic acids is 1. The summed E-state index contributed by atoms with van der Waals surface area (Å²) in [6.07, 6.45) is 0. The second kappa shape index (κ2) is 6.14. The summed E-state index contributed by atoms with van der Waals surface area (Å²) in [4.78, 5) is 12.8. The van der Waals surface area contributed by atoms with E-state index in [1.165, 1.54) is 11.9 Å². The van der Waals surface area contributed by atoms with E-state index in [-0.39, 0.29) is 5.37 Å². The predicted octanol–water partition coefficient (Wildman–Crippen LogP) is 1.77. The third kappa shape index (κ3) is 4.72. The summed E-state index contributed by atoms with van der Waals surface area (Å²) in [7, 11) is 0. The Hall–Kier alpha value is -0.420. The molecule has 1 unspecified atom stereocenters. The van der Waals surface area contributed by atoms with Crippen LogP contribution in [0.15, 0.2) is 0 Å². The highest BCUT2D eigenvalue weighted by atomic mass is 32.2. The fourth-order valence-electron chi connectivity index (χ4n) is 1.64. The molecule has 0 radical (unpaired) electrons. The first-order chi connectivity index (χ1) is 6.36. The van der Waals surface area contributed by atoms with Crippen molar-refractivity contribution in [2.75, 3.05) is 0 Å². The van der Waals surface area contributed by atoms with Gasteiger partial charge in [-0.3, -0.25) is 9.62 Å². The van der Waals surface area contributed by atoms with Crippen LogP contribution >= 0.6 is 11.9 Å². The number of nitrogens with zero attached hydrogens (tertiary/aromatic N) is 1. The first kappa shape index (κ1) is 13.6. The zero-order valence-electron chi connectivity index (χ0n) is 9.57. The SMILES string of the molecule is CC(C)N(C(C)C)C(C)SNC(N)=O. The number of urea groups is 1. The zero-order valence-corrected chi connectivity index (χ0v) is 10.4. The van der Waals surface area contributed by atoms with Gasteiger partial charge in [-0.25, -0.2) is 4.79 Å².